The van der Waals surface area contributed by atoms with Crippen molar-refractivity contribution in [2.75, 3.05) is 11.9 Å². The number of aliphatic hydroxyl groups is 1. The quantitative estimate of drug-likeness (QED) is 0.771. The third kappa shape index (κ3) is 8.41. The van der Waals surface area contributed by atoms with Crippen molar-refractivity contribution in [3.05, 3.63) is 23.8 Å². The average Bonchev–Trinajstić information content (AvgIpc) is 3.28. The van der Waals surface area contributed by atoms with Crippen LogP contribution in [0.15, 0.2) is 18.2 Å². The molecule has 6 nitrogen and oxygen atoms in total. The monoisotopic (exact) mass is 348 g/mol. The molecule has 0 saturated heterocycles. The highest BCUT2D eigenvalue weighted by atomic mass is 16.5. The first kappa shape index (κ1) is 20.8. The smallest absolute Gasteiger partial charge is 0.411 e. The number of nitrogens with zero attached hydrogens (tertiary/aromatic N) is 1. The fourth-order valence-corrected chi connectivity index (χ4v) is 1.99. The zero-order chi connectivity index (χ0) is 19.1. The van der Waals surface area contributed by atoms with Gasteiger partial charge in [-0.1, -0.05) is 13.0 Å². The fraction of sp³-hybridized carbons (Fsp3) is 0.579. The van der Waals surface area contributed by atoms with Crippen molar-refractivity contribution in [1.82, 2.24) is 0 Å². The lowest BCUT2D eigenvalue weighted by Gasteiger charge is -2.13. The topological polar surface area (TPSA) is 91.6 Å². The van der Waals surface area contributed by atoms with Gasteiger partial charge in [0, 0.05) is 17.2 Å². The number of hydrogen-bond acceptors (Lipinski definition) is 5. The molecule has 1 fully saturated rings. The second-order valence-corrected chi connectivity index (χ2v) is 7.40. The summed E-state index contributed by atoms with van der Waals surface area (Å²) in [5.41, 5.74) is 1.08. The molecule has 0 aromatic heterocycles. The largest absolute Gasteiger partial charge is 0.449 e. The lowest BCUT2D eigenvalue weighted by atomic mass is 10.1. The second kappa shape index (κ2) is 8.72. The molecular weight excluding hydrogens is 320 g/mol. The van der Waals surface area contributed by atoms with E-state index < -0.39 is 11.7 Å². The van der Waals surface area contributed by atoms with E-state index in [9.17, 15) is 4.79 Å². The van der Waals surface area contributed by atoms with Gasteiger partial charge in [0.05, 0.1) is 12.2 Å². The van der Waals surface area contributed by atoms with Crippen molar-refractivity contribution < 1.29 is 19.4 Å². The van der Waals surface area contributed by atoms with Gasteiger partial charge in [0.1, 0.15) is 5.75 Å². The standard InChI is InChI=1S/C15H18N2O3.C4H10O/c1-3-15(6-7-15)9-19-14(18)17-12-5-4-11(2)13(8-12)20-10-16;1-4(2,3)5/h4-5,8H,3,6-7,9H2,1-2H3,(H,17,18);5H,1-3H3. The van der Waals surface area contributed by atoms with Crippen molar-refractivity contribution in [3.8, 4) is 12.0 Å². The number of rotatable bonds is 5. The van der Waals surface area contributed by atoms with Crippen LogP contribution in [0.25, 0.3) is 0 Å². The Bertz CT molecular complexity index is 619. The van der Waals surface area contributed by atoms with Crippen LogP contribution in [0.3, 0.4) is 0 Å². The highest BCUT2D eigenvalue weighted by molar-refractivity contribution is 5.85. The zero-order valence-electron chi connectivity index (χ0n) is 15.7. The highest BCUT2D eigenvalue weighted by Crippen LogP contribution is 2.48. The number of hydrogen-bond donors (Lipinski definition) is 2. The van der Waals surface area contributed by atoms with Gasteiger partial charge in [-0.3, -0.25) is 5.32 Å². The predicted molar refractivity (Wildman–Crippen MR) is 96.3 cm³/mol. The maximum atomic E-state index is 11.7. The third-order valence-electron chi connectivity index (χ3n) is 3.81. The summed E-state index contributed by atoms with van der Waals surface area (Å²) >= 11 is 0. The van der Waals surface area contributed by atoms with Crippen LogP contribution in [0, 0.1) is 23.9 Å². The van der Waals surface area contributed by atoms with Gasteiger partial charge in [-0.2, -0.15) is 0 Å². The molecule has 1 aliphatic rings. The molecule has 0 aliphatic heterocycles. The molecule has 1 aromatic rings. The van der Waals surface area contributed by atoms with Crippen LogP contribution in [0.2, 0.25) is 0 Å². The summed E-state index contributed by atoms with van der Waals surface area (Å²) in [4.78, 5) is 11.7. The summed E-state index contributed by atoms with van der Waals surface area (Å²) in [5, 5.41) is 19.7. The summed E-state index contributed by atoms with van der Waals surface area (Å²) < 4.78 is 10.1. The predicted octanol–water partition coefficient (Wildman–Crippen LogP) is 4.37. The summed E-state index contributed by atoms with van der Waals surface area (Å²) in [5.74, 6) is 0.428. The number of benzene rings is 1. The Kier molecular flexibility index (Phi) is 7.25. The van der Waals surface area contributed by atoms with Crippen LogP contribution < -0.4 is 10.1 Å². The van der Waals surface area contributed by atoms with Gasteiger partial charge in [-0.25, -0.2) is 4.79 Å². The molecule has 1 saturated carbocycles. The van der Waals surface area contributed by atoms with Crippen molar-refractivity contribution in [1.29, 1.82) is 5.26 Å². The number of amides is 1. The fourth-order valence-electron chi connectivity index (χ4n) is 1.99. The molecule has 0 unspecified atom stereocenters. The minimum absolute atomic E-state index is 0.208. The first-order valence-corrected chi connectivity index (χ1v) is 8.41. The zero-order valence-corrected chi connectivity index (χ0v) is 15.7. The Labute approximate surface area is 149 Å². The van der Waals surface area contributed by atoms with Crippen molar-refractivity contribution in [2.24, 2.45) is 5.41 Å². The minimum Gasteiger partial charge on any atom is -0.449 e. The van der Waals surface area contributed by atoms with Crippen LogP contribution in [0.4, 0.5) is 10.5 Å². The van der Waals surface area contributed by atoms with E-state index in [2.05, 4.69) is 12.2 Å². The Morgan fingerprint density at radius 2 is 2.00 bits per heavy atom. The number of anilines is 1. The molecular formula is C19H28N2O4. The Hall–Kier alpha value is -2.26. The SMILES string of the molecule is CC(C)(C)O.CCC1(COC(=O)Nc2ccc(C)c(OC#N)c2)CC1. The van der Waals surface area contributed by atoms with Crippen molar-refractivity contribution in [3.63, 3.8) is 0 Å². The highest BCUT2D eigenvalue weighted by Gasteiger charge is 2.41. The van der Waals surface area contributed by atoms with E-state index in [1.54, 1.807) is 45.2 Å². The number of ether oxygens (including phenoxy) is 2. The van der Waals surface area contributed by atoms with E-state index in [0.717, 1.165) is 24.8 Å². The molecule has 1 aliphatic carbocycles. The molecule has 0 heterocycles. The number of carbonyl (C=O) groups is 1. The maximum Gasteiger partial charge on any atom is 0.411 e. The number of aryl methyl sites for hydroxylation is 1. The molecule has 0 bridgehead atoms. The average molecular weight is 348 g/mol. The molecule has 0 spiro atoms. The summed E-state index contributed by atoms with van der Waals surface area (Å²) in [6, 6.07) is 5.12. The van der Waals surface area contributed by atoms with Gasteiger partial charge in [-0.05, 0) is 58.6 Å². The Morgan fingerprint density at radius 1 is 1.40 bits per heavy atom. The molecule has 2 rings (SSSR count). The van der Waals surface area contributed by atoms with Crippen LogP contribution in [-0.2, 0) is 4.74 Å². The lowest BCUT2D eigenvalue weighted by Crippen LogP contribution is -2.19. The van der Waals surface area contributed by atoms with Gasteiger partial charge in [0.2, 0.25) is 0 Å². The normalized spacial score (nSPS) is 14.4. The number of carbonyl (C=O) groups excluding carboxylic acids is 1. The van der Waals surface area contributed by atoms with Crippen LogP contribution in [0.5, 0.6) is 5.75 Å². The van der Waals surface area contributed by atoms with Crippen LogP contribution in [0.1, 0.15) is 52.5 Å². The van der Waals surface area contributed by atoms with Gasteiger partial charge in [0.25, 0.3) is 6.26 Å². The molecule has 1 amide bonds. The Balaban J connectivity index is 0.000000550. The second-order valence-electron chi connectivity index (χ2n) is 7.40. The van der Waals surface area contributed by atoms with E-state index in [4.69, 9.17) is 19.8 Å². The Morgan fingerprint density at radius 3 is 2.48 bits per heavy atom. The maximum absolute atomic E-state index is 11.7. The first-order valence-electron chi connectivity index (χ1n) is 8.41. The van der Waals surface area contributed by atoms with E-state index in [1.165, 1.54) is 0 Å². The first-order chi connectivity index (χ1) is 11.6. The van der Waals surface area contributed by atoms with E-state index >= 15 is 0 Å². The van der Waals surface area contributed by atoms with E-state index in [1.807, 2.05) is 6.92 Å². The lowest BCUT2D eigenvalue weighted by molar-refractivity contribution is 0.102. The molecule has 2 N–H and O–H groups in total. The van der Waals surface area contributed by atoms with Gasteiger partial charge in [0.15, 0.2) is 0 Å². The van der Waals surface area contributed by atoms with Crippen LogP contribution >= 0.6 is 0 Å². The third-order valence-corrected chi connectivity index (χ3v) is 3.81. The summed E-state index contributed by atoms with van der Waals surface area (Å²) in [6.07, 6.45) is 4.43. The molecule has 25 heavy (non-hydrogen) atoms. The summed E-state index contributed by atoms with van der Waals surface area (Å²) in [7, 11) is 0. The van der Waals surface area contributed by atoms with Gasteiger partial charge >= 0.3 is 6.09 Å². The number of nitrogens with one attached hydrogen (secondary N) is 1. The van der Waals surface area contributed by atoms with E-state index in [-0.39, 0.29) is 5.41 Å². The summed E-state index contributed by atoms with van der Waals surface area (Å²) in [6.45, 7) is 9.63. The minimum atomic E-state index is -0.500. The molecule has 138 valence electrons. The van der Waals surface area contributed by atoms with Gasteiger partial charge < -0.3 is 14.6 Å². The van der Waals surface area contributed by atoms with E-state index in [0.29, 0.717) is 18.0 Å². The van der Waals surface area contributed by atoms with Gasteiger partial charge in [-0.15, -0.1) is 5.26 Å². The molecule has 0 radical (unpaired) electrons. The van der Waals surface area contributed by atoms with Crippen molar-refractivity contribution in [2.45, 2.75) is 59.5 Å². The molecule has 0 atom stereocenters. The van der Waals surface area contributed by atoms with Crippen LogP contribution in [-0.4, -0.2) is 23.4 Å². The molecule has 6 heteroatoms. The number of nitriles is 1. The van der Waals surface area contributed by atoms with Crippen molar-refractivity contribution >= 4 is 11.8 Å². The molecule has 1 aromatic carbocycles.